The van der Waals surface area contributed by atoms with Crippen molar-refractivity contribution >= 4 is 0 Å². The van der Waals surface area contributed by atoms with Crippen molar-refractivity contribution in [3.8, 4) is 157 Å². The molecule has 21 aromatic rings. The molecule has 0 N–H and O–H groups in total. The zero-order chi connectivity index (χ0) is 85.4. The highest BCUT2D eigenvalue weighted by atomic mass is 14.9. The first-order valence-corrected chi connectivity index (χ1v) is 45.1. The lowest BCUT2D eigenvalue weighted by Gasteiger charge is -2.49. The number of rotatable bonds is 10. The Balaban J connectivity index is 0.499. The van der Waals surface area contributed by atoms with Gasteiger partial charge in [-0.05, 0) is 214 Å². The Kier molecular flexibility index (Phi) is 16.1. The summed E-state index contributed by atoms with van der Waals surface area (Å²) < 4.78 is 0. The number of benzene rings is 19. The van der Waals surface area contributed by atoms with Crippen LogP contribution in [0.5, 0.6) is 0 Å². The first-order valence-electron chi connectivity index (χ1n) is 45.1. The molecule has 0 saturated carbocycles. The van der Waals surface area contributed by atoms with Gasteiger partial charge in [0.05, 0.1) is 44.4 Å². The lowest BCUT2D eigenvalue weighted by atomic mass is 9.52. The largest absolute Gasteiger partial charge is 0.228 e. The first kappa shape index (κ1) is 73.7. The van der Waals surface area contributed by atoms with E-state index < -0.39 is 21.7 Å². The fourth-order valence-electron chi connectivity index (χ4n) is 24.0. The average molecular weight is 1650 g/mol. The van der Waals surface area contributed by atoms with Crippen LogP contribution in [0.4, 0.5) is 0 Å². The minimum absolute atomic E-state index is 0.519. The fraction of sp³-hybridized carbons (Fsp3) is 0.0317. The second-order valence-electron chi connectivity index (χ2n) is 35.5. The third kappa shape index (κ3) is 10.4. The number of hydrogen-bond acceptors (Lipinski definition) is 4. The lowest BCUT2D eigenvalue weighted by molar-refractivity contribution is 0.633. The van der Waals surface area contributed by atoms with Crippen molar-refractivity contribution in [2.75, 3.05) is 0 Å². The van der Waals surface area contributed by atoms with Gasteiger partial charge in [-0.2, -0.15) is 0 Å². The van der Waals surface area contributed by atoms with Crippen LogP contribution in [0.1, 0.15) is 89.0 Å². The van der Waals surface area contributed by atoms with E-state index in [1.807, 2.05) is 0 Å². The van der Waals surface area contributed by atoms with E-state index in [-0.39, 0.29) is 0 Å². The number of hydrogen-bond donors (Lipinski definition) is 0. The highest BCUT2D eigenvalue weighted by Crippen LogP contribution is 2.70. The zero-order valence-corrected chi connectivity index (χ0v) is 70.8. The van der Waals surface area contributed by atoms with Gasteiger partial charge in [-0.3, -0.25) is 0 Å². The van der Waals surface area contributed by atoms with Crippen LogP contribution in [-0.4, -0.2) is 19.9 Å². The van der Waals surface area contributed by atoms with Gasteiger partial charge >= 0.3 is 0 Å². The van der Waals surface area contributed by atoms with Crippen molar-refractivity contribution < 1.29 is 0 Å². The number of aromatic nitrogens is 4. The normalized spacial score (nSPS) is 14.1. The molecule has 0 saturated heterocycles. The molecule has 0 fully saturated rings. The van der Waals surface area contributed by atoms with Gasteiger partial charge in [0.15, 0.2) is 11.6 Å². The summed E-state index contributed by atoms with van der Waals surface area (Å²) in [4.78, 5) is 21.6. The molecule has 602 valence electrons. The molecule has 4 nitrogen and oxygen atoms in total. The van der Waals surface area contributed by atoms with Crippen LogP contribution in [0.25, 0.3) is 157 Å². The van der Waals surface area contributed by atoms with Crippen LogP contribution in [0.2, 0.25) is 0 Å². The monoisotopic (exact) mass is 1650 g/mol. The number of fused-ring (bicyclic) bond motifs is 32. The summed E-state index contributed by atoms with van der Waals surface area (Å²) in [5.41, 5.74) is 47.4. The van der Waals surface area contributed by atoms with Gasteiger partial charge in [-0.15, -0.1) is 0 Å². The summed E-state index contributed by atoms with van der Waals surface area (Å²) in [5.74, 6) is 1.31. The van der Waals surface area contributed by atoms with Gasteiger partial charge in [0, 0.05) is 33.4 Å². The van der Waals surface area contributed by atoms with E-state index >= 15 is 0 Å². The lowest BCUT2D eigenvalue weighted by Crippen LogP contribution is -2.43. The Hall–Kier alpha value is -16.7. The SMILES string of the molecule is c1ccc(-c2cc(-c3ccc(-c4ccc5c(c4)C4(c6ccccc6-c6ccccc64)c4ccccc4C54c5ccccc5-c5ccccc54)cc3)nc(-c3ccc(-c4ccc(-c5cccc(-c6nc(-c7ccccc7)cc(-c7cccc(-c8ccc9c(c8)C8(c%10ccccc%10-9)c9ccccc9C9(c%10ccccc%10-c%10ccccc%109)c9ccccc98)c7)n6)c5)cc4)cc3)n2)cc1. The first-order chi connectivity index (χ1) is 64.4. The van der Waals surface area contributed by atoms with Crippen molar-refractivity contribution in [1.82, 2.24) is 19.9 Å². The summed E-state index contributed by atoms with van der Waals surface area (Å²) in [5, 5.41) is 0. The van der Waals surface area contributed by atoms with Gasteiger partial charge in [0.2, 0.25) is 0 Å². The van der Waals surface area contributed by atoms with Gasteiger partial charge in [0.1, 0.15) is 0 Å². The summed E-state index contributed by atoms with van der Waals surface area (Å²) in [6.07, 6.45) is 0. The molecule has 0 aliphatic heterocycles. The predicted octanol–water partition coefficient (Wildman–Crippen LogP) is 30.0. The van der Waals surface area contributed by atoms with Crippen molar-refractivity contribution in [3.63, 3.8) is 0 Å². The molecule has 0 atom stereocenters. The Morgan fingerprint density at radius 2 is 0.315 bits per heavy atom. The van der Waals surface area contributed by atoms with E-state index in [2.05, 4.69) is 473 Å². The summed E-state index contributed by atoms with van der Waals surface area (Å²) in [6.45, 7) is 0. The van der Waals surface area contributed by atoms with Crippen LogP contribution < -0.4 is 0 Å². The van der Waals surface area contributed by atoms with Crippen molar-refractivity contribution in [1.29, 1.82) is 0 Å². The van der Waals surface area contributed by atoms with Crippen molar-refractivity contribution in [2.45, 2.75) is 21.7 Å². The molecule has 19 aromatic carbocycles. The Labute approximate surface area is 755 Å². The third-order valence-electron chi connectivity index (χ3n) is 29.3. The maximum Gasteiger partial charge on any atom is 0.160 e. The average Bonchev–Trinajstić information content (AvgIpc) is 1.47. The molecule has 130 heavy (non-hydrogen) atoms. The molecule has 0 unspecified atom stereocenters. The van der Waals surface area contributed by atoms with Crippen molar-refractivity contribution in [2.24, 2.45) is 0 Å². The Morgan fingerprint density at radius 3 is 0.700 bits per heavy atom. The fourth-order valence-corrected chi connectivity index (χ4v) is 24.0. The summed E-state index contributed by atoms with van der Waals surface area (Å²) >= 11 is 0. The molecule has 6 aliphatic rings. The minimum atomic E-state index is -0.614. The van der Waals surface area contributed by atoms with Gasteiger partial charge in [-0.25, -0.2) is 19.9 Å². The quantitative estimate of drug-likeness (QED) is 0.137. The zero-order valence-electron chi connectivity index (χ0n) is 70.8. The van der Waals surface area contributed by atoms with E-state index in [0.29, 0.717) is 11.6 Å². The van der Waals surface area contributed by atoms with Crippen LogP contribution in [0.15, 0.2) is 473 Å². The van der Waals surface area contributed by atoms with E-state index in [0.717, 1.165) is 101 Å². The number of nitrogens with zero attached hydrogens (tertiary/aromatic N) is 4. The molecule has 2 aromatic heterocycles. The van der Waals surface area contributed by atoms with E-state index in [9.17, 15) is 0 Å². The molecule has 0 amide bonds. The summed E-state index contributed by atoms with van der Waals surface area (Å²) in [7, 11) is 0. The van der Waals surface area contributed by atoms with E-state index in [1.165, 1.54) is 134 Å². The van der Waals surface area contributed by atoms with Crippen molar-refractivity contribution in [3.05, 3.63) is 562 Å². The predicted molar refractivity (Wildman–Crippen MR) is 528 cm³/mol. The van der Waals surface area contributed by atoms with Gasteiger partial charge < -0.3 is 0 Å². The maximum atomic E-state index is 5.51. The maximum absolute atomic E-state index is 5.51. The summed E-state index contributed by atoms with van der Waals surface area (Å²) in [6, 6.07) is 176. The molecule has 6 aliphatic carbocycles. The Bertz CT molecular complexity index is 8100. The molecular weight excluding hydrogens is 1570 g/mol. The van der Waals surface area contributed by atoms with Crippen LogP contribution in [0.3, 0.4) is 0 Å². The molecule has 0 radical (unpaired) electrons. The highest BCUT2D eigenvalue weighted by Gasteiger charge is 2.61. The van der Waals surface area contributed by atoms with Crippen LogP contribution in [-0.2, 0) is 21.7 Å². The van der Waals surface area contributed by atoms with E-state index in [4.69, 9.17) is 19.9 Å². The van der Waals surface area contributed by atoms with E-state index in [1.54, 1.807) is 0 Å². The molecule has 4 heteroatoms. The van der Waals surface area contributed by atoms with Crippen LogP contribution >= 0.6 is 0 Å². The molecular formula is C126H78N4. The third-order valence-corrected chi connectivity index (χ3v) is 29.3. The topological polar surface area (TPSA) is 51.6 Å². The second kappa shape index (κ2) is 28.4. The highest BCUT2D eigenvalue weighted by molar-refractivity contribution is 5.98. The van der Waals surface area contributed by atoms with Gasteiger partial charge in [-0.1, -0.05) is 437 Å². The molecule has 0 bridgehead atoms. The molecule has 4 spiro atoms. The van der Waals surface area contributed by atoms with Crippen LogP contribution in [0, 0.1) is 0 Å². The molecule has 27 rings (SSSR count). The smallest absolute Gasteiger partial charge is 0.160 e. The molecule has 2 heterocycles. The standard InChI is InChI=1S/C126H78N4/c1-3-29-83(30-4-1)117-77-119(85-65-61-82(62-66-85)89-70-72-114-116(76-89)125(105-48-18-11-41-97(105)98-42-12-19-49-106(98)125)111-54-24-21-51-108(111)124(114)103-46-16-9-39-95(103)96-40-10-17-47-104(96)124)128-121(127-117)86-67-63-80(64-68-86)79-57-59-81(60-58-79)87-33-28-36-92(74-87)122-129-118(84-31-5-2-6-32-84)78-120(130-122)91-35-27-34-88(73-91)90-69-71-100-99-43-13-20-50-107(99)126(115(100)75-90)112-55-25-22-52-109(112)123(110-53-23-26-56-113(110)126)101-44-14-7-37-93(101)94-38-8-15-45-102(94)123/h1-78H. The second-order valence-corrected chi connectivity index (χ2v) is 35.5. The minimum Gasteiger partial charge on any atom is -0.228 e. The van der Waals surface area contributed by atoms with Gasteiger partial charge in [0.25, 0.3) is 0 Å². The Morgan fingerprint density at radius 1 is 0.108 bits per heavy atom.